The van der Waals surface area contributed by atoms with E-state index in [1.807, 2.05) is 12.1 Å². The molecule has 0 bridgehead atoms. The summed E-state index contributed by atoms with van der Waals surface area (Å²) in [5, 5.41) is 15.2. The number of carbonyl (C=O) groups is 1. The molecule has 1 heterocycles. The van der Waals surface area contributed by atoms with E-state index in [-0.39, 0.29) is 11.6 Å². The van der Waals surface area contributed by atoms with Gasteiger partial charge in [0.2, 0.25) is 5.95 Å². The van der Waals surface area contributed by atoms with Gasteiger partial charge in [0.1, 0.15) is 5.69 Å². The zero-order chi connectivity index (χ0) is 18.5. The average Bonchev–Trinajstić information content (AvgIpc) is 2.62. The topological polar surface area (TPSA) is 90.7 Å². The maximum Gasteiger partial charge on any atom is 0.274 e. The van der Waals surface area contributed by atoms with Gasteiger partial charge < -0.3 is 10.6 Å². The van der Waals surface area contributed by atoms with Gasteiger partial charge in [0, 0.05) is 22.1 Å². The SMILES string of the molecule is Cc1cc(C(=O)Nc2ccc(C#N)cc2)nc(Nc2cccc(Cl)c2)n1. The van der Waals surface area contributed by atoms with Crippen LogP contribution in [0.25, 0.3) is 0 Å². The number of nitrogens with one attached hydrogen (secondary N) is 2. The number of nitrogens with zero attached hydrogens (tertiary/aromatic N) is 3. The lowest BCUT2D eigenvalue weighted by molar-refractivity contribution is 0.102. The standard InChI is InChI=1S/C19H14ClN5O/c1-12-9-17(18(26)23-15-7-5-13(11-21)6-8-15)25-19(22-12)24-16-4-2-3-14(20)10-16/h2-10H,1H3,(H,23,26)(H,22,24,25). The lowest BCUT2D eigenvalue weighted by Crippen LogP contribution is -2.15. The van der Waals surface area contributed by atoms with E-state index in [1.54, 1.807) is 55.5 Å². The number of rotatable bonds is 4. The summed E-state index contributed by atoms with van der Waals surface area (Å²) in [6.45, 7) is 1.78. The molecule has 1 aromatic heterocycles. The molecule has 0 unspecified atom stereocenters. The Morgan fingerprint density at radius 1 is 1.08 bits per heavy atom. The monoisotopic (exact) mass is 363 g/mol. The molecule has 0 saturated carbocycles. The Hall–Kier alpha value is -3.43. The molecule has 0 fully saturated rings. The molecule has 2 aromatic carbocycles. The zero-order valence-corrected chi connectivity index (χ0v) is 14.6. The normalized spacial score (nSPS) is 10.0. The van der Waals surface area contributed by atoms with Crippen LogP contribution < -0.4 is 10.6 Å². The number of halogens is 1. The first kappa shape index (κ1) is 17.4. The van der Waals surface area contributed by atoms with Crippen molar-refractivity contribution in [3.05, 3.63) is 76.6 Å². The fourth-order valence-electron chi connectivity index (χ4n) is 2.26. The van der Waals surface area contributed by atoms with Crippen LogP contribution in [0.15, 0.2) is 54.6 Å². The van der Waals surface area contributed by atoms with E-state index >= 15 is 0 Å². The Morgan fingerprint density at radius 2 is 1.85 bits per heavy atom. The predicted molar refractivity (Wildman–Crippen MR) is 101 cm³/mol. The van der Waals surface area contributed by atoms with Crippen LogP contribution in [-0.2, 0) is 0 Å². The van der Waals surface area contributed by atoms with Crippen molar-refractivity contribution in [2.45, 2.75) is 6.92 Å². The van der Waals surface area contributed by atoms with E-state index in [4.69, 9.17) is 16.9 Å². The molecule has 1 amide bonds. The zero-order valence-electron chi connectivity index (χ0n) is 13.8. The molecule has 0 aliphatic carbocycles. The van der Waals surface area contributed by atoms with Gasteiger partial charge in [-0.15, -0.1) is 0 Å². The van der Waals surface area contributed by atoms with Crippen LogP contribution in [0, 0.1) is 18.3 Å². The first-order chi connectivity index (χ1) is 12.5. The number of hydrogen-bond donors (Lipinski definition) is 2. The fraction of sp³-hybridized carbons (Fsp3) is 0.0526. The lowest BCUT2D eigenvalue weighted by Gasteiger charge is -2.09. The van der Waals surface area contributed by atoms with Gasteiger partial charge in [-0.05, 0) is 55.5 Å². The number of anilines is 3. The van der Waals surface area contributed by atoms with Gasteiger partial charge in [-0.1, -0.05) is 17.7 Å². The van der Waals surface area contributed by atoms with Gasteiger partial charge in [-0.3, -0.25) is 4.79 Å². The molecule has 3 aromatic rings. The molecular weight excluding hydrogens is 350 g/mol. The number of nitriles is 1. The van der Waals surface area contributed by atoms with Crippen LogP contribution in [0.1, 0.15) is 21.7 Å². The molecule has 0 radical (unpaired) electrons. The van der Waals surface area contributed by atoms with Crippen LogP contribution in [0.5, 0.6) is 0 Å². The van der Waals surface area contributed by atoms with Crippen molar-refractivity contribution >= 4 is 34.8 Å². The molecule has 128 valence electrons. The lowest BCUT2D eigenvalue weighted by atomic mass is 10.2. The van der Waals surface area contributed by atoms with Crippen molar-refractivity contribution in [3.63, 3.8) is 0 Å². The molecule has 0 atom stereocenters. The quantitative estimate of drug-likeness (QED) is 0.720. The summed E-state index contributed by atoms with van der Waals surface area (Å²) in [6, 6.07) is 17.4. The Morgan fingerprint density at radius 3 is 2.54 bits per heavy atom. The van der Waals surface area contributed by atoms with Gasteiger partial charge in [0.15, 0.2) is 0 Å². The summed E-state index contributed by atoms with van der Waals surface area (Å²) in [6.07, 6.45) is 0. The Labute approximate surface area is 155 Å². The highest BCUT2D eigenvalue weighted by molar-refractivity contribution is 6.30. The largest absolute Gasteiger partial charge is 0.324 e. The molecule has 0 saturated heterocycles. The number of aryl methyl sites for hydroxylation is 1. The number of hydrogen-bond acceptors (Lipinski definition) is 5. The van der Waals surface area contributed by atoms with Gasteiger partial charge >= 0.3 is 0 Å². The number of carbonyl (C=O) groups excluding carboxylic acids is 1. The minimum absolute atomic E-state index is 0.228. The van der Waals surface area contributed by atoms with E-state index in [0.717, 1.165) is 5.69 Å². The van der Waals surface area contributed by atoms with Crippen molar-refractivity contribution in [2.24, 2.45) is 0 Å². The van der Waals surface area contributed by atoms with Crippen molar-refractivity contribution in [3.8, 4) is 6.07 Å². The van der Waals surface area contributed by atoms with Gasteiger partial charge in [-0.2, -0.15) is 5.26 Å². The second-order valence-electron chi connectivity index (χ2n) is 5.50. The fourth-order valence-corrected chi connectivity index (χ4v) is 2.45. The van der Waals surface area contributed by atoms with E-state index in [9.17, 15) is 4.79 Å². The summed E-state index contributed by atoms with van der Waals surface area (Å²) < 4.78 is 0. The van der Waals surface area contributed by atoms with Gasteiger partial charge in [0.25, 0.3) is 5.91 Å². The Bertz CT molecular complexity index is 996. The number of benzene rings is 2. The molecule has 0 spiro atoms. The average molecular weight is 364 g/mol. The number of amides is 1. The van der Waals surface area contributed by atoms with E-state index in [2.05, 4.69) is 20.6 Å². The summed E-state index contributed by atoms with van der Waals surface area (Å²) in [4.78, 5) is 21.0. The third-order valence-corrected chi connectivity index (χ3v) is 3.67. The summed E-state index contributed by atoms with van der Waals surface area (Å²) in [5.74, 6) is -0.0633. The van der Waals surface area contributed by atoms with Crippen LogP contribution in [0.4, 0.5) is 17.3 Å². The highest BCUT2D eigenvalue weighted by Gasteiger charge is 2.11. The first-order valence-corrected chi connectivity index (χ1v) is 8.11. The smallest absolute Gasteiger partial charge is 0.274 e. The second-order valence-corrected chi connectivity index (χ2v) is 5.93. The van der Waals surface area contributed by atoms with E-state index in [0.29, 0.717) is 27.9 Å². The second kappa shape index (κ2) is 7.64. The molecule has 0 aliphatic heterocycles. The third-order valence-electron chi connectivity index (χ3n) is 3.44. The van der Waals surface area contributed by atoms with Crippen molar-refractivity contribution < 1.29 is 4.79 Å². The third kappa shape index (κ3) is 4.35. The molecule has 0 aliphatic rings. The van der Waals surface area contributed by atoms with Crippen LogP contribution in [0.3, 0.4) is 0 Å². The van der Waals surface area contributed by atoms with Gasteiger partial charge in [-0.25, -0.2) is 9.97 Å². The molecule has 2 N–H and O–H groups in total. The van der Waals surface area contributed by atoms with Gasteiger partial charge in [0.05, 0.1) is 11.6 Å². The van der Waals surface area contributed by atoms with E-state index in [1.165, 1.54) is 0 Å². The Balaban J connectivity index is 1.79. The molecule has 3 rings (SSSR count). The minimum atomic E-state index is -0.366. The number of aromatic nitrogens is 2. The summed E-state index contributed by atoms with van der Waals surface area (Å²) >= 11 is 5.97. The van der Waals surface area contributed by atoms with Crippen molar-refractivity contribution in [2.75, 3.05) is 10.6 Å². The van der Waals surface area contributed by atoms with Crippen LogP contribution >= 0.6 is 11.6 Å². The van der Waals surface area contributed by atoms with E-state index < -0.39 is 0 Å². The Kier molecular flexibility index (Phi) is 5.11. The summed E-state index contributed by atoms with van der Waals surface area (Å²) in [7, 11) is 0. The maximum atomic E-state index is 12.5. The van der Waals surface area contributed by atoms with Crippen LogP contribution in [-0.4, -0.2) is 15.9 Å². The van der Waals surface area contributed by atoms with Crippen LogP contribution in [0.2, 0.25) is 5.02 Å². The molecule has 6 nitrogen and oxygen atoms in total. The highest BCUT2D eigenvalue weighted by Crippen LogP contribution is 2.19. The summed E-state index contributed by atoms with van der Waals surface area (Å²) in [5.41, 5.74) is 2.70. The molecule has 26 heavy (non-hydrogen) atoms. The predicted octanol–water partition coefficient (Wildman–Crippen LogP) is 4.31. The van der Waals surface area contributed by atoms with Crippen molar-refractivity contribution in [1.82, 2.24) is 9.97 Å². The minimum Gasteiger partial charge on any atom is -0.324 e. The highest BCUT2D eigenvalue weighted by atomic mass is 35.5. The maximum absolute atomic E-state index is 12.5. The molecule has 7 heteroatoms. The first-order valence-electron chi connectivity index (χ1n) is 7.73. The van der Waals surface area contributed by atoms with Crippen molar-refractivity contribution in [1.29, 1.82) is 5.26 Å². The molecular formula is C19H14ClN5O.